The first kappa shape index (κ1) is 26.4. The highest BCUT2D eigenvalue weighted by Gasteiger charge is 2.11. The summed E-state index contributed by atoms with van der Waals surface area (Å²) in [6.07, 6.45) is 21.5. The number of nitrogens with zero attached hydrogens (tertiary/aromatic N) is 1. The van der Waals surface area contributed by atoms with Crippen LogP contribution in [0, 0.1) is 0 Å². The van der Waals surface area contributed by atoms with E-state index in [4.69, 9.17) is 0 Å². The molecule has 0 saturated heterocycles. The maximum Gasteiger partial charge on any atom is 0.222 e. The molecule has 0 unspecified atom stereocenters. The van der Waals surface area contributed by atoms with E-state index in [1.807, 2.05) is 0 Å². The Kier molecular flexibility index (Phi) is 17.1. The lowest BCUT2D eigenvalue weighted by Crippen LogP contribution is -2.31. The first-order chi connectivity index (χ1) is 12.9. The Balaban J connectivity index is 3.32. The van der Waals surface area contributed by atoms with Crippen LogP contribution in [0.25, 0.3) is 0 Å². The van der Waals surface area contributed by atoms with Gasteiger partial charge in [0.1, 0.15) is 9.84 Å². The maximum atomic E-state index is 11.9. The summed E-state index contributed by atoms with van der Waals surface area (Å²) in [6.45, 7) is 2.57. The summed E-state index contributed by atoms with van der Waals surface area (Å²) in [6, 6.07) is 0. The van der Waals surface area contributed by atoms with Crippen molar-refractivity contribution in [3.05, 3.63) is 0 Å². The van der Waals surface area contributed by atoms with Crippen LogP contribution in [0.3, 0.4) is 0 Å². The number of carbonyl (C=O) groups excluding carboxylic acids is 1. The minimum absolute atomic E-state index is 0.0497. The van der Waals surface area contributed by atoms with Gasteiger partial charge in [0.25, 0.3) is 0 Å². The van der Waals surface area contributed by atoms with Gasteiger partial charge in [-0.2, -0.15) is 0 Å². The molecule has 5 heteroatoms. The van der Waals surface area contributed by atoms with Crippen molar-refractivity contribution in [2.75, 3.05) is 25.6 Å². The van der Waals surface area contributed by atoms with E-state index in [0.29, 0.717) is 13.0 Å². The molecule has 0 N–H and O–H groups in total. The lowest BCUT2D eigenvalue weighted by Gasteiger charge is -2.16. The van der Waals surface area contributed by atoms with E-state index >= 15 is 0 Å². The molecule has 0 saturated carbocycles. The van der Waals surface area contributed by atoms with Crippen LogP contribution in [0.5, 0.6) is 0 Å². The zero-order valence-corrected chi connectivity index (χ0v) is 19.1. The van der Waals surface area contributed by atoms with Crippen molar-refractivity contribution in [2.24, 2.45) is 0 Å². The van der Waals surface area contributed by atoms with Gasteiger partial charge in [0.15, 0.2) is 0 Å². The van der Waals surface area contributed by atoms with Crippen LogP contribution in [-0.2, 0) is 14.6 Å². The van der Waals surface area contributed by atoms with Gasteiger partial charge in [-0.05, 0) is 6.42 Å². The third-order valence-corrected chi connectivity index (χ3v) is 6.14. The second-order valence-corrected chi connectivity index (χ2v) is 10.4. The predicted octanol–water partition coefficient (Wildman–Crippen LogP) is 5.75. The molecule has 0 radical (unpaired) electrons. The van der Waals surface area contributed by atoms with Crippen LogP contribution in [0.4, 0.5) is 0 Å². The third kappa shape index (κ3) is 20.0. The van der Waals surface area contributed by atoms with Crippen LogP contribution < -0.4 is 0 Å². The molecule has 162 valence electrons. The van der Waals surface area contributed by atoms with Crippen LogP contribution in [0.15, 0.2) is 0 Å². The van der Waals surface area contributed by atoms with Gasteiger partial charge in [-0.25, -0.2) is 8.42 Å². The van der Waals surface area contributed by atoms with E-state index in [2.05, 4.69) is 6.92 Å². The van der Waals surface area contributed by atoms with Crippen molar-refractivity contribution < 1.29 is 13.2 Å². The molecule has 0 aliphatic rings. The fraction of sp³-hybridized carbons (Fsp3) is 0.955. The minimum atomic E-state index is -3.00. The minimum Gasteiger partial charge on any atom is -0.345 e. The Morgan fingerprint density at radius 3 is 1.44 bits per heavy atom. The standard InChI is InChI=1S/C22H45NO3S/c1-4-5-6-7-8-9-10-11-12-13-14-15-16-17-18-19-22(24)23(2)20-21-27(3,25)26/h4-21H2,1-3H3. The van der Waals surface area contributed by atoms with Crippen molar-refractivity contribution in [3.8, 4) is 0 Å². The Morgan fingerprint density at radius 2 is 1.07 bits per heavy atom. The van der Waals surface area contributed by atoms with Gasteiger partial charge < -0.3 is 4.90 Å². The van der Waals surface area contributed by atoms with Crippen molar-refractivity contribution in [1.29, 1.82) is 0 Å². The van der Waals surface area contributed by atoms with E-state index in [1.165, 1.54) is 89.7 Å². The van der Waals surface area contributed by atoms with Gasteiger partial charge >= 0.3 is 0 Å². The number of amides is 1. The number of rotatable bonds is 19. The summed E-state index contributed by atoms with van der Waals surface area (Å²) in [7, 11) is -1.30. The first-order valence-electron chi connectivity index (χ1n) is 11.3. The van der Waals surface area contributed by atoms with Crippen molar-refractivity contribution >= 4 is 15.7 Å². The normalized spacial score (nSPS) is 11.7. The predicted molar refractivity (Wildman–Crippen MR) is 117 cm³/mol. The van der Waals surface area contributed by atoms with E-state index in [9.17, 15) is 13.2 Å². The molecule has 0 atom stereocenters. The summed E-state index contributed by atoms with van der Waals surface area (Å²) < 4.78 is 22.3. The molecule has 0 bridgehead atoms. The Hall–Kier alpha value is -0.580. The molecule has 27 heavy (non-hydrogen) atoms. The fourth-order valence-corrected chi connectivity index (χ4v) is 3.87. The number of unbranched alkanes of at least 4 members (excludes halogenated alkanes) is 14. The Labute approximate surface area is 169 Å². The average Bonchev–Trinajstić information content (AvgIpc) is 2.62. The molecule has 0 aromatic rings. The van der Waals surface area contributed by atoms with Gasteiger partial charge in [-0.15, -0.1) is 0 Å². The van der Waals surface area contributed by atoms with Crippen molar-refractivity contribution in [2.45, 2.75) is 110 Å². The largest absolute Gasteiger partial charge is 0.345 e. The van der Waals surface area contributed by atoms with Crippen molar-refractivity contribution in [1.82, 2.24) is 4.90 Å². The second kappa shape index (κ2) is 17.5. The van der Waals surface area contributed by atoms with Gasteiger partial charge in [0, 0.05) is 26.3 Å². The lowest BCUT2D eigenvalue weighted by atomic mass is 10.0. The molecule has 0 spiro atoms. The smallest absolute Gasteiger partial charge is 0.222 e. The molecule has 0 rings (SSSR count). The molecule has 0 heterocycles. The summed E-state index contributed by atoms with van der Waals surface area (Å²) >= 11 is 0. The van der Waals surface area contributed by atoms with Crippen LogP contribution >= 0.6 is 0 Å². The first-order valence-corrected chi connectivity index (χ1v) is 13.3. The highest BCUT2D eigenvalue weighted by Crippen LogP contribution is 2.13. The molecule has 0 fully saturated rings. The maximum absolute atomic E-state index is 11.9. The molecule has 0 aromatic carbocycles. The van der Waals surface area contributed by atoms with Gasteiger partial charge in [-0.3, -0.25) is 4.79 Å². The Morgan fingerprint density at radius 1 is 0.704 bits per heavy atom. The van der Waals surface area contributed by atoms with Crippen LogP contribution in [-0.4, -0.2) is 44.8 Å². The monoisotopic (exact) mass is 403 g/mol. The van der Waals surface area contributed by atoms with Gasteiger partial charge in [0.2, 0.25) is 5.91 Å². The lowest BCUT2D eigenvalue weighted by molar-refractivity contribution is -0.129. The van der Waals surface area contributed by atoms with Crippen molar-refractivity contribution in [3.63, 3.8) is 0 Å². The summed E-state index contributed by atoms with van der Waals surface area (Å²) in [5, 5.41) is 0. The quantitative estimate of drug-likeness (QED) is 0.258. The SMILES string of the molecule is CCCCCCCCCCCCCCCCCC(=O)N(C)CCS(C)(=O)=O. The molecular weight excluding hydrogens is 358 g/mol. The number of hydrogen-bond donors (Lipinski definition) is 0. The fourth-order valence-electron chi connectivity index (χ4n) is 3.27. The molecule has 0 aliphatic heterocycles. The summed E-state index contributed by atoms with van der Waals surface area (Å²) in [5.74, 6) is 0.113. The molecule has 0 aliphatic carbocycles. The van der Waals surface area contributed by atoms with Crippen LogP contribution in [0.1, 0.15) is 110 Å². The van der Waals surface area contributed by atoms with Crippen LogP contribution in [0.2, 0.25) is 0 Å². The molecule has 4 nitrogen and oxygen atoms in total. The van der Waals surface area contributed by atoms with Gasteiger partial charge in [-0.1, -0.05) is 96.8 Å². The van der Waals surface area contributed by atoms with E-state index in [1.54, 1.807) is 11.9 Å². The highest BCUT2D eigenvalue weighted by atomic mass is 32.2. The Bertz CT molecular complexity index is 448. The average molecular weight is 404 g/mol. The third-order valence-electron chi connectivity index (χ3n) is 5.22. The van der Waals surface area contributed by atoms with E-state index < -0.39 is 9.84 Å². The summed E-state index contributed by atoms with van der Waals surface area (Å²) in [5.41, 5.74) is 0. The van der Waals surface area contributed by atoms with Gasteiger partial charge in [0.05, 0.1) is 5.75 Å². The topological polar surface area (TPSA) is 54.5 Å². The van der Waals surface area contributed by atoms with E-state index in [0.717, 1.165) is 12.8 Å². The summed E-state index contributed by atoms with van der Waals surface area (Å²) in [4.78, 5) is 13.5. The second-order valence-electron chi connectivity index (χ2n) is 8.14. The number of sulfone groups is 1. The zero-order chi connectivity index (χ0) is 20.4. The molecular formula is C22H45NO3S. The van der Waals surface area contributed by atoms with E-state index in [-0.39, 0.29) is 11.7 Å². The number of hydrogen-bond acceptors (Lipinski definition) is 3. The molecule has 1 amide bonds. The zero-order valence-electron chi connectivity index (χ0n) is 18.3. The molecule has 0 aromatic heterocycles. The highest BCUT2D eigenvalue weighted by molar-refractivity contribution is 7.90. The number of carbonyl (C=O) groups is 1.